The van der Waals surface area contributed by atoms with Crippen molar-refractivity contribution in [3.05, 3.63) is 36.2 Å². The number of likely N-dealkylation sites (tertiary alicyclic amines) is 1. The molecule has 1 N–H and O–H groups in total. The molecule has 1 fully saturated rings. The predicted molar refractivity (Wildman–Crippen MR) is 80.5 cm³/mol. The normalized spacial score (nSPS) is 16.1. The molecule has 2 aromatic rings. The fourth-order valence-corrected chi connectivity index (χ4v) is 2.83. The molecule has 0 bridgehead atoms. The molecule has 0 aliphatic carbocycles. The lowest BCUT2D eigenvalue weighted by atomic mass is 9.93. The third-order valence-corrected chi connectivity index (χ3v) is 4.11. The summed E-state index contributed by atoms with van der Waals surface area (Å²) in [6.45, 7) is 3.36. The Bertz CT molecular complexity index is 600. The van der Waals surface area contributed by atoms with Crippen LogP contribution in [0.15, 0.2) is 30.3 Å². The number of carbonyl (C=O) groups excluding carboxylic acids is 1. The van der Waals surface area contributed by atoms with Crippen molar-refractivity contribution < 1.29 is 4.79 Å². The number of nitrogens with zero attached hydrogens (tertiary/aromatic N) is 3. The zero-order chi connectivity index (χ0) is 14.7. The van der Waals surface area contributed by atoms with Crippen LogP contribution in [0.25, 0.3) is 11.4 Å². The van der Waals surface area contributed by atoms with E-state index < -0.39 is 0 Å². The Hall–Kier alpha value is -2.17. The van der Waals surface area contributed by atoms with Gasteiger partial charge in [-0.05, 0) is 18.8 Å². The van der Waals surface area contributed by atoms with Crippen LogP contribution in [0.3, 0.4) is 0 Å². The number of rotatable bonds is 3. The number of aromatic nitrogens is 3. The van der Waals surface area contributed by atoms with E-state index in [2.05, 4.69) is 15.2 Å². The number of amides is 1. The summed E-state index contributed by atoms with van der Waals surface area (Å²) in [6, 6.07) is 9.99. The van der Waals surface area contributed by atoms with Gasteiger partial charge in [0.05, 0.1) is 0 Å². The predicted octanol–water partition coefficient (Wildman–Crippen LogP) is 2.27. The Labute approximate surface area is 124 Å². The number of nitrogens with one attached hydrogen (secondary N) is 1. The van der Waals surface area contributed by atoms with E-state index in [1.54, 1.807) is 6.92 Å². The van der Waals surface area contributed by atoms with Gasteiger partial charge in [0.1, 0.15) is 5.82 Å². The van der Waals surface area contributed by atoms with Gasteiger partial charge in [0.2, 0.25) is 5.91 Å². The Kier molecular flexibility index (Phi) is 3.99. The van der Waals surface area contributed by atoms with Crippen LogP contribution >= 0.6 is 0 Å². The van der Waals surface area contributed by atoms with Gasteiger partial charge in [0, 0.05) is 32.0 Å². The highest BCUT2D eigenvalue weighted by Crippen LogP contribution is 2.21. The van der Waals surface area contributed by atoms with E-state index in [9.17, 15) is 4.79 Å². The van der Waals surface area contributed by atoms with Crippen molar-refractivity contribution in [1.29, 1.82) is 0 Å². The average Bonchev–Trinajstić information content (AvgIpc) is 2.97. The molecule has 1 aromatic carbocycles. The maximum absolute atomic E-state index is 11.3. The van der Waals surface area contributed by atoms with Crippen LogP contribution in [0.4, 0.5) is 0 Å². The second-order valence-corrected chi connectivity index (χ2v) is 5.63. The molecule has 0 radical (unpaired) electrons. The lowest BCUT2D eigenvalue weighted by Crippen LogP contribution is -2.37. The number of hydrogen-bond acceptors (Lipinski definition) is 3. The van der Waals surface area contributed by atoms with Gasteiger partial charge in [0.25, 0.3) is 0 Å². The highest BCUT2D eigenvalue weighted by Gasteiger charge is 2.22. The maximum Gasteiger partial charge on any atom is 0.219 e. The third-order valence-electron chi connectivity index (χ3n) is 4.11. The molecular formula is C16H20N4O. The van der Waals surface area contributed by atoms with Crippen LogP contribution in [0, 0.1) is 5.92 Å². The van der Waals surface area contributed by atoms with Crippen molar-refractivity contribution in [2.45, 2.75) is 26.2 Å². The molecule has 1 aliphatic rings. The van der Waals surface area contributed by atoms with Crippen molar-refractivity contribution >= 4 is 5.91 Å². The summed E-state index contributed by atoms with van der Waals surface area (Å²) >= 11 is 0. The minimum atomic E-state index is 0.180. The fraction of sp³-hybridized carbons (Fsp3) is 0.438. The van der Waals surface area contributed by atoms with E-state index in [1.165, 1.54) is 0 Å². The number of hydrogen-bond donors (Lipinski definition) is 1. The molecule has 21 heavy (non-hydrogen) atoms. The first-order valence-electron chi connectivity index (χ1n) is 7.44. The lowest BCUT2D eigenvalue weighted by Gasteiger charge is -2.30. The first-order chi connectivity index (χ1) is 10.2. The Morgan fingerprint density at radius 1 is 1.29 bits per heavy atom. The van der Waals surface area contributed by atoms with Gasteiger partial charge in [-0.25, -0.2) is 4.98 Å². The highest BCUT2D eigenvalue weighted by atomic mass is 16.2. The van der Waals surface area contributed by atoms with E-state index in [4.69, 9.17) is 0 Å². The molecule has 1 saturated heterocycles. The third kappa shape index (κ3) is 3.29. The van der Waals surface area contributed by atoms with E-state index >= 15 is 0 Å². The van der Waals surface area contributed by atoms with Crippen LogP contribution in [-0.4, -0.2) is 39.1 Å². The van der Waals surface area contributed by atoms with Crippen LogP contribution < -0.4 is 0 Å². The largest absolute Gasteiger partial charge is 0.343 e. The molecule has 0 unspecified atom stereocenters. The lowest BCUT2D eigenvalue weighted by molar-refractivity contribution is -0.130. The quantitative estimate of drug-likeness (QED) is 0.940. The van der Waals surface area contributed by atoms with Gasteiger partial charge >= 0.3 is 0 Å². The molecule has 0 atom stereocenters. The van der Waals surface area contributed by atoms with Gasteiger partial charge in [-0.3, -0.25) is 9.89 Å². The second kappa shape index (κ2) is 6.08. The van der Waals surface area contributed by atoms with E-state index in [0.29, 0.717) is 5.92 Å². The number of carbonyl (C=O) groups is 1. The topological polar surface area (TPSA) is 61.9 Å². The van der Waals surface area contributed by atoms with Crippen molar-refractivity contribution in [1.82, 2.24) is 20.1 Å². The highest BCUT2D eigenvalue weighted by molar-refractivity contribution is 5.73. The number of benzene rings is 1. The summed E-state index contributed by atoms with van der Waals surface area (Å²) in [7, 11) is 0. The SMILES string of the molecule is CC(=O)N1CCC(Cc2nc(-c3ccccc3)n[nH]2)CC1. The molecule has 1 aliphatic heterocycles. The van der Waals surface area contributed by atoms with Gasteiger partial charge in [0.15, 0.2) is 5.82 Å². The van der Waals surface area contributed by atoms with Crippen LogP contribution in [-0.2, 0) is 11.2 Å². The first-order valence-corrected chi connectivity index (χ1v) is 7.44. The molecule has 110 valence electrons. The summed E-state index contributed by atoms with van der Waals surface area (Å²) < 4.78 is 0. The molecule has 3 rings (SSSR count). The summed E-state index contributed by atoms with van der Waals surface area (Å²) in [5.74, 6) is 2.46. The molecular weight excluding hydrogens is 264 g/mol. The summed E-state index contributed by atoms with van der Waals surface area (Å²) in [4.78, 5) is 17.8. The Morgan fingerprint density at radius 3 is 2.67 bits per heavy atom. The standard InChI is InChI=1S/C16H20N4O/c1-12(21)20-9-7-13(8-10-20)11-15-17-16(19-18-15)14-5-3-2-4-6-14/h2-6,13H,7-11H2,1H3,(H,17,18,19). The molecule has 5 nitrogen and oxygen atoms in total. The zero-order valence-electron chi connectivity index (χ0n) is 12.2. The smallest absolute Gasteiger partial charge is 0.219 e. The van der Waals surface area contributed by atoms with E-state index in [1.807, 2.05) is 35.2 Å². The molecule has 5 heteroatoms. The van der Waals surface area contributed by atoms with Gasteiger partial charge < -0.3 is 4.90 Å². The number of piperidine rings is 1. The van der Waals surface area contributed by atoms with Crippen molar-refractivity contribution in [2.24, 2.45) is 5.92 Å². The Balaban J connectivity index is 1.60. The maximum atomic E-state index is 11.3. The number of aromatic amines is 1. The monoisotopic (exact) mass is 284 g/mol. The average molecular weight is 284 g/mol. The van der Waals surface area contributed by atoms with Crippen molar-refractivity contribution in [2.75, 3.05) is 13.1 Å². The zero-order valence-corrected chi connectivity index (χ0v) is 12.2. The van der Waals surface area contributed by atoms with Crippen LogP contribution in [0.5, 0.6) is 0 Å². The Morgan fingerprint density at radius 2 is 2.00 bits per heavy atom. The fourth-order valence-electron chi connectivity index (χ4n) is 2.83. The molecule has 0 saturated carbocycles. The molecule has 1 aromatic heterocycles. The second-order valence-electron chi connectivity index (χ2n) is 5.63. The first kappa shape index (κ1) is 13.8. The van der Waals surface area contributed by atoms with Gasteiger partial charge in [-0.15, -0.1) is 0 Å². The van der Waals surface area contributed by atoms with Gasteiger partial charge in [-0.1, -0.05) is 30.3 Å². The van der Waals surface area contributed by atoms with Crippen LogP contribution in [0.1, 0.15) is 25.6 Å². The van der Waals surface area contributed by atoms with E-state index in [0.717, 1.165) is 49.6 Å². The summed E-state index contributed by atoms with van der Waals surface area (Å²) in [5, 5.41) is 7.34. The van der Waals surface area contributed by atoms with Crippen molar-refractivity contribution in [3.63, 3.8) is 0 Å². The van der Waals surface area contributed by atoms with Crippen molar-refractivity contribution in [3.8, 4) is 11.4 Å². The van der Waals surface area contributed by atoms with E-state index in [-0.39, 0.29) is 5.91 Å². The summed E-state index contributed by atoms with van der Waals surface area (Å²) in [6.07, 6.45) is 2.99. The molecule has 2 heterocycles. The molecule has 1 amide bonds. The van der Waals surface area contributed by atoms with Gasteiger partial charge in [-0.2, -0.15) is 5.10 Å². The number of H-pyrrole nitrogens is 1. The summed E-state index contributed by atoms with van der Waals surface area (Å²) in [5.41, 5.74) is 1.03. The molecule has 0 spiro atoms. The minimum absolute atomic E-state index is 0.180. The minimum Gasteiger partial charge on any atom is -0.343 e. The van der Waals surface area contributed by atoms with Crippen LogP contribution in [0.2, 0.25) is 0 Å².